The van der Waals surface area contributed by atoms with Gasteiger partial charge in [0.25, 0.3) is 0 Å². The van der Waals surface area contributed by atoms with E-state index < -0.39 is 11.7 Å². The predicted octanol–water partition coefficient (Wildman–Crippen LogP) is 3.57. The average molecular weight is 355 g/mol. The molecular formula is C22H20F3N. The van der Waals surface area contributed by atoms with Crippen molar-refractivity contribution in [3.8, 4) is 0 Å². The third-order valence-corrected chi connectivity index (χ3v) is 4.49. The molecule has 1 N–H and O–H groups in total. The zero-order valence-electron chi connectivity index (χ0n) is 14.5. The standard InChI is InChI=1S/C22H20F3N/c1-16(20-13-5-10-18-9-2-3-12-21(18)20)26-14-6-8-17-7-4-11-19(15-17)22(23,24)25/h2-4,7,9,11-13,15-16,26H,6,8,14H2,1H3. The van der Waals surface area contributed by atoms with Gasteiger partial charge in [-0.05, 0) is 60.9 Å². The number of hydrogen-bond acceptors (Lipinski definition) is 1. The van der Waals surface area contributed by atoms with Crippen LogP contribution in [0.3, 0.4) is 0 Å². The van der Waals surface area contributed by atoms with Crippen molar-refractivity contribution >= 4 is 11.3 Å². The SMILES string of the molecule is CC(NCCCc1cccc(C(F)(F)F)c1)C1=c2ccccc2=C=C=C1. The quantitative estimate of drug-likeness (QED) is 0.617. The van der Waals surface area contributed by atoms with Crippen molar-refractivity contribution in [1.82, 2.24) is 5.32 Å². The second kappa shape index (κ2) is 7.80. The largest absolute Gasteiger partial charge is 0.416 e. The summed E-state index contributed by atoms with van der Waals surface area (Å²) in [4.78, 5) is 0. The number of nitrogens with one attached hydrogen (secondary N) is 1. The van der Waals surface area contributed by atoms with Gasteiger partial charge < -0.3 is 5.32 Å². The highest BCUT2D eigenvalue weighted by molar-refractivity contribution is 5.63. The fourth-order valence-corrected chi connectivity index (χ4v) is 3.10. The molecular weight excluding hydrogens is 335 g/mol. The van der Waals surface area contributed by atoms with Crippen LogP contribution >= 0.6 is 0 Å². The number of fused-ring (bicyclic) bond motifs is 1. The number of aryl methyl sites for hydroxylation is 1. The summed E-state index contributed by atoms with van der Waals surface area (Å²) < 4.78 is 38.3. The molecule has 1 atom stereocenters. The number of rotatable bonds is 6. The minimum atomic E-state index is -4.29. The van der Waals surface area contributed by atoms with Crippen LogP contribution in [-0.2, 0) is 12.6 Å². The summed E-state index contributed by atoms with van der Waals surface area (Å²) in [6, 6.07) is 13.7. The van der Waals surface area contributed by atoms with Crippen LogP contribution in [0.15, 0.2) is 60.3 Å². The maximum atomic E-state index is 12.8. The molecule has 1 aliphatic carbocycles. The van der Waals surface area contributed by atoms with Gasteiger partial charge in [0.1, 0.15) is 0 Å². The lowest BCUT2D eigenvalue weighted by molar-refractivity contribution is -0.137. The Morgan fingerprint density at radius 2 is 1.88 bits per heavy atom. The summed E-state index contributed by atoms with van der Waals surface area (Å²) in [6.07, 6.45) is -0.969. The van der Waals surface area contributed by atoms with Crippen molar-refractivity contribution in [2.45, 2.75) is 32.0 Å². The zero-order chi connectivity index (χ0) is 18.6. The van der Waals surface area contributed by atoms with E-state index in [9.17, 15) is 13.2 Å². The molecule has 4 heteroatoms. The first-order chi connectivity index (χ1) is 12.4. The topological polar surface area (TPSA) is 12.0 Å². The maximum Gasteiger partial charge on any atom is 0.416 e. The molecule has 0 spiro atoms. The van der Waals surface area contributed by atoms with Crippen molar-refractivity contribution in [2.24, 2.45) is 0 Å². The molecule has 0 bridgehead atoms. The fourth-order valence-electron chi connectivity index (χ4n) is 3.10. The smallest absolute Gasteiger partial charge is 0.310 e. The van der Waals surface area contributed by atoms with Crippen molar-refractivity contribution < 1.29 is 13.2 Å². The molecule has 1 unspecified atom stereocenters. The highest BCUT2D eigenvalue weighted by Gasteiger charge is 2.30. The molecule has 0 radical (unpaired) electrons. The van der Waals surface area contributed by atoms with Crippen LogP contribution < -0.4 is 15.8 Å². The third kappa shape index (κ3) is 4.36. The van der Waals surface area contributed by atoms with E-state index in [4.69, 9.17) is 0 Å². The molecule has 2 aromatic rings. The van der Waals surface area contributed by atoms with E-state index in [1.54, 1.807) is 6.07 Å². The molecule has 1 aliphatic rings. The number of halogens is 3. The molecule has 0 heterocycles. The van der Waals surface area contributed by atoms with Gasteiger partial charge in [-0.2, -0.15) is 13.2 Å². The zero-order valence-corrected chi connectivity index (χ0v) is 14.5. The Morgan fingerprint density at radius 1 is 1.08 bits per heavy atom. The van der Waals surface area contributed by atoms with Crippen molar-refractivity contribution in [2.75, 3.05) is 6.54 Å². The van der Waals surface area contributed by atoms with E-state index in [2.05, 4.69) is 29.8 Å². The normalized spacial score (nSPS) is 14.1. The van der Waals surface area contributed by atoms with Crippen LogP contribution in [0.5, 0.6) is 0 Å². The second-order valence-electron chi connectivity index (χ2n) is 6.39. The van der Waals surface area contributed by atoms with E-state index in [1.807, 2.05) is 24.3 Å². The van der Waals surface area contributed by atoms with Gasteiger partial charge >= 0.3 is 6.18 Å². The van der Waals surface area contributed by atoms with Crippen molar-refractivity contribution in [3.63, 3.8) is 0 Å². The summed E-state index contributed by atoms with van der Waals surface area (Å²) in [5.41, 5.74) is 7.44. The van der Waals surface area contributed by atoms with Crippen LogP contribution in [-0.4, -0.2) is 12.6 Å². The summed E-state index contributed by atoms with van der Waals surface area (Å²) in [5, 5.41) is 5.62. The number of hydrogen-bond donors (Lipinski definition) is 1. The highest BCUT2D eigenvalue weighted by atomic mass is 19.4. The molecule has 3 rings (SSSR count). The summed E-state index contributed by atoms with van der Waals surface area (Å²) in [7, 11) is 0. The van der Waals surface area contributed by atoms with Gasteiger partial charge in [-0.1, -0.05) is 47.9 Å². The van der Waals surface area contributed by atoms with Crippen LogP contribution in [0.25, 0.3) is 11.3 Å². The first kappa shape index (κ1) is 18.3. The monoisotopic (exact) mass is 355 g/mol. The lowest BCUT2D eigenvalue weighted by Crippen LogP contribution is -2.36. The lowest BCUT2D eigenvalue weighted by Gasteiger charge is -2.16. The Kier molecular flexibility index (Phi) is 5.49. The lowest BCUT2D eigenvalue weighted by atomic mass is 10.0. The van der Waals surface area contributed by atoms with E-state index in [0.29, 0.717) is 12.0 Å². The summed E-state index contributed by atoms with van der Waals surface area (Å²) in [6.45, 7) is 2.81. The maximum absolute atomic E-state index is 12.8. The first-order valence-corrected chi connectivity index (χ1v) is 8.65. The van der Waals surface area contributed by atoms with E-state index >= 15 is 0 Å². The van der Waals surface area contributed by atoms with Gasteiger partial charge in [-0.25, -0.2) is 0 Å². The Morgan fingerprint density at radius 3 is 2.69 bits per heavy atom. The molecule has 2 aromatic carbocycles. The molecule has 0 amide bonds. The Bertz CT molecular complexity index is 975. The third-order valence-electron chi connectivity index (χ3n) is 4.49. The minimum Gasteiger partial charge on any atom is -0.310 e. The molecule has 0 aromatic heterocycles. The van der Waals surface area contributed by atoms with Gasteiger partial charge in [0, 0.05) is 11.3 Å². The van der Waals surface area contributed by atoms with Gasteiger partial charge in [0.05, 0.1) is 5.56 Å². The van der Waals surface area contributed by atoms with Gasteiger partial charge in [0.15, 0.2) is 0 Å². The van der Waals surface area contributed by atoms with Crippen LogP contribution in [0.2, 0.25) is 0 Å². The Balaban J connectivity index is 1.58. The van der Waals surface area contributed by atoms with E-state index in [1.165, 1.54) is 12.1 Å². The minimum absolute atomic E-state index is 0.132. The Hall–Kier alpha value is -2.51. The average Bonchev–Trinajstić information content (AvgIpc) is 2.64. The van der Waals surface area contributed by atoms with Gasteiger partial charge in [0.2, 0.25) is 0 Å². The predicted molar refractivity (Wildman–Crippen MR) is 97.8 cm³/mol. The van der Waals surface area contributed by atoms with Crippen molar-refractivity contribution in [1.29, 1.82) is 0 Å². The van der Waals surface area contributed by atoms with Crippen LogP contribution in [0.4, 0.5) is 13.2 Å². The molecule has 1 nitrogen and oxygen atoms in total. The highest BCUT2D eigenvalue weighted by Crippen LogP contribution is 2.29. The van der Waals surface area contributed by atoms with Crippen LogP contribution in [0.1, 0.15) is 24.5 Å². The number of alkyl halides is 3. The molecule has 26 heavy (non-hydrogen) atoms. The molecule has 0 saturated heterocycles. The van der Waals surface area contributed by atoms with E-state index in [0.717, 1.165) is 35.0 Å². The van der Waals surface area contributed by atoms with Crippen molar-refractivity contribution in [3.05, 3.63) is 81.9 Å². The molecule has 0 saturated carbocycles. The van der Waals surface area contributed by atoms with Gasteiger partial charge in [-0.3, -0.25) is 0 Å². The van der Waals surface area contributed by atoms with Gasteiger partial charge in [-0.15, -0.1) is 0 Å². The second-order valence-corrected chi connectivity index (χ2v) is 6.39. The summed E-state index contributed by atoms with van der Waals surface area (Å²) in [5.74, 6) is 0. The summed E-state index contributed by atoms with van der Waals surface area (Å²) >= 11 is 0. The molecule has 0 aliphatic heterocycles. The van der Waals surface area contributed by atoms with Crippen LogP contribution in [0, 0.1) is 0 Å². The molecule has 0 fully saturated rings. The fraction of sp³-hybridized carbons (Fsp3) is 0.273. The van der Waals surface area contributed by atoms with E-state index in [-0.39, 0.29) is 6.04 Å². The molecule has 134 valence electrons. The first-order valence-electron chi connectivity index (χ1n) is 8.65. The Labute approximate surface area is 150 Å². The number of benzene rings is 2.